The molecule has 1 aromatic carbocycles. The second-order valence-electron chi connectivity index (χ2n) is 5.99. The molecule has 134 valence electrons. The molecule has 0 saturated carbocycles. The van der Waals surface area contributed by atoms with Crippen molar-refractivity contribution in [3.63, 3.8) is 0 Å². The van der Waals surface area contributed by atoms with E-state index in [2.05, 4.69) is 53.0 Å². The van der Waals surface area contributed by atoms with Crippen molar-refractivity contribution in [2.24, 2.45) is 0 Å². The minimum absolute atomic E-state index is 0.129. The number of dihydropyridines is 1. The maximum atomic E-state index is 5.94. The van der Waals surface area contributed by atoms with Gasteiger partial charge in [0.15, 0.2) is 0 Å². The predicted molar refractivity (Wildman–Crippen MR) is 108 cm³/mol. The number of pyridine rings is 1. The van der Waals surface area contributed by atoms with E-state index in [0.29, 0.717) is 6.61 Å². The zero-order valence-electron chi connectivity index (χ0n) is 15.1. The van der Waals surface area contributed by atoms with Gasteiger partial charge in [-0.3, -0.25) is 4.98 Å². The van der Waals surface area contributed by atoms with Gasteiger partial charge in [0.05, 0.1) is 12.3 Å². The summed E-state index contributed by atoms with van der Waals surface area (Å²) >= 11 is 0. The summed E-state index contributed by atoms with van der Waals surface area (Å²) in [5.74, 6) is 0. The van der Waals surface area contributed by atoms with Gasteiger partial charge in [-0.15, -0.1) is 0 Å². The Bertz CT molecular complexity index is 783. The van der Waals surface area contributed by atoms with Gasteiger partial charge >= 0.3 is 0 Å². The van der Waals surface area contributed by atoms with Gasteiger partial charge in [0.2, 0.25) is 0 Å². The molecule has 0 fully saturated rings. The molecule has 0 saturated heterocycles. The first-order valence-corrected chi connectivity index (χ1v) is 8.96. The second-order valence-corrected chi connectivity index (χ2v) is 5.99. The molecule has 3 rings (SSSR count). The molecule has 1 unspecified atom stereocenters. The van der Waals surface area contributed by atoms with Gasteiger partial charge < -0.3 is 15.0 Å². The monoisotopic (exact) mass is 347 g/mol. The summed E-state index contributed by atoms with van der Waals surface area (Å²) in [7, 11) is 0. The van der Waals surface area contributed by atoms with Crippen molar-refractivity contribution in [1.29, 1.82) is 0 Å². The summed E-state index contributed by atoms with van der Waals surface area (Å²) < 4.78 is 5.94. The van der Waals surface area contributed by atoms with Crippen LogP contribution in [0.2, 0.25) is 0 Å². The molecule has 1 aliphatic rings. The molecule has 1 aliphatic heterocycles. The van der Waals surface area contributed by atoms with Crippen LogP contribution in [0.5, 0.6) is 0 Å². The molecule has 0 aliphatic carbocycles. The third-order valence-electron chi connectivity index (χ3n) is 4.35. The zero-order chi connectivity index (χ0) is 18.2. The summed E-state index contributed by atoms with van der Waals surface area (Å²) in [6, 6.07) is 14.3. The van der Waals surface area contributed by atoms with E-state index in [1.54, 1.807) is 6.20 Å². The first kappa shape index (κ1) is 18.0. The lowest BCUT2D eigenvalue weighted by Crippen LogP contribution is -2.31. The van der Waals surface area contributed by atoms with Gasteiger partial charge in [-0.1, -0.05) is 43.8 Å². The number of hydrogen-bond donors (Lipinski definition) is 1. The van der Waals surface area contributed by atoms with Crippen molar-refractivity contribution in [1.82, 2.24) is 10.3 Å². The molecule has 26 heavy (non-hydrogen) atoms. The number of anilines is 1. The number of nitrogens with one attached hydrogen (secondary N) is 1. The molecule has 1 N–H and O–H groups in total. The average Bonchev–Trinajstić information content (AvgIpc) is 2.72. The molecule has 1 atom stereocenters. The van der Waals surface area contributed by atoms with Crippen molar-refractivity contribution in [2.45, 2.75) is 19.6 Å². The first-order valence-electron chi connectivity index (χ1n) is 8.96. The molecular formula is C22H25N3O. The van der Waals surface area contributed by atoms with Gasteiger partial charge in [-0.25, -0.2) is 0 Å². The number of aromatic nitrogens is 1. The number of ether oxygens (including phenoxy) is 1. The molecule has 0 amide bonds. The van der Waals surface area contributed by atoms with E-state index in [1.165, 1.54) is 11.3 Å². The largest absolute Gasteiger partial charge is 0.362 e. The van der Waals surface area contributed by atoms with Crippen molar-refractivity contribution in [3.8, 4) is 0 Å². The number of para-hydroxylation sites is 1. The summed E-state index contributed by atoms with van der Waals surface area (Å²) in [4.78, 5) is 6.50. The van der Waals surface area contributed by atoms with Crippen LogP contribution in [-0.2, 0) is 11.2 Å². The van der Waals surface area contributed by atoms with E-state index < -0.39 is 0 Å². The van der Waals surface area contributed by atoms with E-state index in [0.717, 1.165) is 24.2 Å². The fourth-order valence-electron chi connectivity index (χ4n) is 2.94. The lowest BCUT2D eigenvalue weighted by molar-refractivity contribution is 0.0771. The Labute approximate surface area is 155 Å². The molecule has 0 radical (unpaired) electrons. The molecule has 4 heteroatoms. The minimum Gasteiger partial charge on any atom is -0.362 e. The SMILES string of the molecule is C=CN(CCOC1C=CC(c2ccccn2)=CN1)c1ccccc1CC. The normalized spacial score (nSPS) is 15.9. The third kappa shape index (κ3) is 4.41. The number of hydrogen-bond acceptors (Lipinski definition) is 4. The van der Waals surface area contributed by atoms with Gasteiger partial charge in [-0.2, -0.15) is 0 Å². The van der Waals surface area contributed by atoms with Crippen LogP contribution >= 0.6 is 0 Å². The Kier molecular flexibility index (Phi) is 6.23. The van der Waals surface area contributed by atoms with E-state index in [4.69, 9.17) is 4.74 Å². The number of nitrogens with zero attached hydrogens (tertiary/aromatic N) is 2. The molecule has 2 aromatic rings. The lowest BCUT2D eigenvalue weighted by Gasteiger charge is -2.25. The summed E-state index contributed by atoms with van der Waals surface area (Å²) in [5, 5.41) is 3.27. The maximum absolute atomic E-state index is 5.94. The molecule has 0 spiro atoms. The number of benzene rings is 1. The summed E-state index contributed by atoms with van der Waals surface area (Å²) in [6.07, 6.45) is 10.5. The lowest BCUT2D eigenvalue weighted by atomic mass is 10.1. The van der Waals surface area contributed by atoms with Crippen LogP contribution < -0.4 is 10.2 Å². The standard InChI is InChI=1S/C22H25N3O/c1-3-18-9-5-6-11-21(18)25(4-2)15-16-26-22-13-12-19(17-24-22)20-10-7-8-14-23-20/h4-14,17,22,24H,2-3,15-16H2,1H3. The topological polar surface area (TPSA) is 37.4 Å². The van der Waals surface area contributed by atoms with Crippen molar-refractivity contribution in [3.05, 3.63) is 91.0 Å². The van der Waals surface area contributed by atoms with Gasteiger partial charge in [0, 0.05) is 30.2 Å². The highest BCUT2D eigenvalue weighted by atomic mass is 16.5. The van der Waals surface area contributed by atoms with Crippen molar-refractivity contribution < 1.29 is 4.74 Å². The Balaban J connectivity index is 1.52. The highest BCUT2D eigenvalue weighted by Crippen LogP contribution is 2.21. The molecule has 1 aromatic heterocycles. The molecular weight excluding hydrogens is 322 g/mol. The molecule has 4 nitrogen and oxygen atoms in total. The first-order chi connectivity index (χ1) is 12.8. The average molecular weight is 347 g/mol. The van der Waals surface area contributed by atoms with E-state index in [1.807, 2.05) is 42.8 Å². The number of aryl methyl sites for hydroxylation is 1. The number of rotatable bonds is 8. The maximum Gasteiger partial charge on any atom is 0.147 e. The van der Waals surface area contributed by atoms with Gasteiger partial charge in [-0.05, 0) is 42.5 Å². The van der Waals surface area contributed by atoms with Crippen molar-refractivity contribution in [2.75, 3.05) is 18.1 Å². The fourth-order valence-corrected chi connectivity index (χ4v) is 2.94. The van der Waals surface area contributed by atoms with Crippen LogP contribution in [0.25, 0.3) is 5.57 Å². The smallest absolute Gasteiger partial charge is 0.147 e. The van der Waals surface area contributed by atoms with Gasteiger partial charge in [0.25, 0.3) is 0 Å². The fraction of sp³-hybridized carbons (Fsp3) is 0.227. The Hall–Kier alpha value is -2.85. The Morgan fingerprint density at radius 2 is 2.08 bits per heavy atom. The molecule has 2 heterocycles. The Morgan fingerprint density at radius 3 is 2.77 bits per heavy atom. The van der Waals surface area contributed by atoms with E-state index in [-0.39, 0.29) is 6.23 Å². The third-order valence-corrected chi connectivity index (χ3v) is 4.35. The van der Waals surface area contributed by atoms with Crippen molar-refractivity contribution >= 4 is 11.3 Å². The van der Waals surface area contributed by atoms with E-state index >= 15 is 0 Å². The summed E-state index contributed by atoms with van der Waals surface area (Å²) in [6.45, 7) is 7.46. The van der Waals surface area contributed by atoms with E-state index in [9.17, 15) is 0 Å². The Morgan fingerprint density at radius 1 is 1.23 bits per heavy atom. The van der Waals surface area contributed by atoms with Crippen LogP contribution in [0.3, 0.4) is 0 Å². The predicted octanol–water partition coefficient (Wildman–Crippen LogP) is 4.14. The molecule has 0 bridgehead atoms. The highest BCUT2D eigenvalue weighted by molar-refractivity contribution is 5.72. The van der Waals surface area contributed by atoms with Crippen LogP contribution in [0.1, 0.15) is 18.2 Å². The minimum atomic E-state index is -0.129. The van der Waals surface area contributed by atoms with Gasteiger partial charge in [0.1, 0.15) is 6.23 Å². The van der Waals surface area contributed by atoms with Crippen LogP contribution in [0.15, 0.2) is 79.8 Å². The van der Waals surface area contributed by atoms with Crippen LogP contribution in [-0.4, -0.2) is 24.4 Å². The second kappa shape index (κ2) is 9.02. The zero-order valence-corrected chi connectivity index (χ0v) is 15.1. The highest BCUT2D eigenvalue weighted by Gasteiger charge is 2.11. The van der Waals surface area contributed by atoms with Crippen LogP contribution in [0.4, 0.5) is 5.69 Å². The number of allylic oxidation sites excluding steroid dienone is 2. The summed E-state index contributed by atoms with van der Waals surface area (Å²) in [5.41, 5.74) is 4.50. The van der Waals surface area contributed by atoms with Crippen LogP contribution in [0, 0.1) is 0 Å². The quantitative estimate of drug-likeness (QED) is 0.779.